The van der Waals surface area contributed by atoms with Gasteiger partial charge in [0.25, 0.3) is 0 Å². The van der Waals surface area contributed by atoms with Crippen LogP contribution in [-0.4, -0.2) is 12.9 Å². The molecular formula is C14H12BrNO2. The number of carbonyl (C=O) groups excluding carboxylic acids is 1. The highest BCUT2D eigenvalue weighted by atomic mass is 79.9. The van der Waals surface area contributed by atoms with Gasteiger partial charge in [-0.05, 0) is 28.1 Å². The van der Waals surface area contributed by atoms with Crippen LogP contribution in [0.5, 0.6) is 5.75 Å². The van der Waals surface area contributed by atoms with Crippen molar-refractivity contribution in [2.75, 3.05) is 12.8 Å². The molecule has 2 aromatic carbocycles. The zero-order chi connectivity index (χ0) is 13.1. The van der Waals surface area contributed by atoms with Crippen LogP contribution < -0.4 is 10.5 Å². The first-order valence-corrected chi connectivity index (χ1v) is 6.16. The third-order valence-electron chi connectivity index (χ3n) is 2.63. The molecular weight excluding hydrogens is 294 g/mol. The van der Waals surface area contributed by atoms with Gasteiger partial charge in [0.05, 0.1) is 17.3 Å². The van der Waals surface area contributed by atoms with Crippen LogP contribution in [0.2, 0.25) is 0 Å². The molecule has 0 unspecified atom stereocenters. The fourth-order valence-corrected chi connectivity index (χ4v) is 2.23. The minimum Gasteiger partial charge on any atom is -0.493 e. The normalized spacial score (nSPS) is 10.1. The zero-order valence-electron chi connectivity index (χ0n) is 9.81. The zero-order valence-corrected chi connectivity index (χ0v) is 11.4. The van der Waals surface area contributed by atoms with Crippen LogP contribution >= 0.6 is 15.9 Å². The van der Waals surface area contributed by atoms with Crippen molar-refractivity contribution in [2.24, 2.45) is 0 Å². The molecule has 2 N–H and O–H groups in total. The quantitative estimate of drug-likeness (QED) is 0.699. The number of halogens is 1. The molecule has 0 spiro atoms. The van der Waals surface area contributed by atoms with Crippen molar-refractivity contribution < 1.29 is 9.53 Å². The molecule has 0 aliphatic carbocycles. The molecule has 18 heavy (non-hydrogen) atoms. The predicted octanol–water partition coefficient (Wildman–Crippen LogP) is 3.27. The molecule has 2 aromatic rings. The van der Waals surface area contributed by atoms with Crippen molar-refractivity contribution in [3.8, 4) is 5.75 Å². The molecule has 0 aliphatic rings. The number of rotatable bonds is 3. The second-order valence-corrected chi connectivity index (χ2v) is 4.59. The standard InChI is InChI=1S/C14H12BrNO2/c1-18-14-11(15)8-7-10(12(14)16)13(17)9-5-3-2-4-6-9/h2-8H,16H2,1H3. The Morgan fingerprint density at radius 1 is 1.17 bits per heavy atom. The number of nitrogen functional groups attached to an aromatic ring is 1. The SMILES string of the molecule is COc1c(Br)ccc(C(=O)c2ccccc2)c1N. The third-order valence-corrected chi connectivity index (χ3v) is 3.26. The van der Waals surface area contributed by atoms with E-state index in [0.29, 0.717) is 22.6 Å². The number of benzene rings is 2. The van der Waals surface area contributed by atoms with Crippen LogP contribution in [0, 0.1) is 0 Å². The second-order valence-electron chi connectivity index (χ2n) is 3.74. The van der Waals surface area contributed by atoms with E-state index >= 15 is 0 Å². The van der Waals surface area contributed by atoms with E-state index in [4.69, 9.17) is 10.5 Å². The summed E-state index contributed by atoms with van der Waals surface area (Å²) < 4.78 is 5.91. The van der Waals surface area contributed by atoms with E-state index in [1.807, 2.05) is 18.2 Å². The average Bonchev–Trinajstić information content (AvgIpc) is 2.40. The summed E-state index contributed by atoms with van der Waals surface area (Å²) in [6.07, 6.45) is 0. The molecule has 0 amide bonds. The van der Waals surface area contributed by atoms with Gasteiger partial charge in [-0.25, -0.2) is 0 Å². The maximum Gasteiger partial charge on any atom is 0.195 e. The molecule has 0 atom stereocenters. The summed E-state index contributed by atoms with van der Waals surface area (Å²) in [5.74, 6) is 0.371. The highest BCUT2D eigenvalue weighted by molar-refractivity contribution is 9.10. The largest absolute Gasteiger partial charge is 0.493 e. The fraction of sp³-hybridized carbons (Fsp3) is 0.0714. The van der Waals surface area contributed by atoms with Crippen molar-refractivity contribution in [3.05, 3.63) is 58.1 Å². The van der Waals surface area contributed by atoms with Crippen molar-refractivity contribution >= 4 is 27.4 Å². The van der Waals surface area contributed by atoms with Gasteiger partial charge in [0.15, 0.2) is 11.5 Å². The number of carbonyl (C=O) groups is 1. The van der Waals surface area contributed by atoms with Crippen LogP contribution in [0.1, 0.15) is 15.9 Å². The van der Waals surface area contributed by atoms with Gasteiger partial charge in [0.1, 0.15) is 0 Å². The van der Waals surface area contributed by atoms with Crippen LogP contribution in [0.4, 0.5) is 5.69 Å². The molecule has 0 saturated carbocycles. The number of hydrogen-bond donors (Lipinski definition) is 1. The second kappa shape index (κ2) is 5.23. The van der Waals surface area contributed by atoms with Crippen LogP contribution in [-0.2, 0) is 0 Å². The maximum absolute atomic E-state index is 12.3. The van der Waals surface area contributed by atoms with E-state index in [-0.39, 0.29) is 5.78 Å². The van der Waals surface area contributed by atoms with Gasteiger partial charge in [0.2, 0.25) is 0 Å². The third kappa shape index (κ3) is 2.24. The molecule has 0 heterocycles. The van der Waals surface area contributed by atoms with Crippen molar-refractivity contribution in [1.82, 2.24) is 0 Å². The Labute approximate surface area is 114 Å². The molecule has 0 radical (unpaired) electrons. The Balaban J connectivity index is 2.50. The molecule has 0 bridgehead atoms. The van der Waals surface area contributed by atoms with E-state index in [0.717, 1.165) is 4.47 Å². The molecule has 0 fully saturated rings. The minimum atomic E-state index is -0.112. The smallest absolute Gasteiger partial charge is 0.195 e. The van der Waals surface area contributed by atoms with Crippen LogP contribution in [0.15, 0.2) is 46.9 Å². The number of ketones is 1. The van der Waals surface area contributed by atoms with Gasteiger partial charge in [-0.2, -0.15) is 0 Å². The lowest BCUT2D eigenvalue weighted by Gasteiger charge is -2.11. The minimum absolute atomic E-state index is 0.112. The fourth-order valence-electron chi connectivity index (χ4n) is 1.72. The van der Waals surface area contributed by atoms with Crippen molar-refractivity contribution in [2.45, 2.75) is 0 Å². The summed E-state index contributed by atoms with van der Waals surface area (Å²) in [4.78, 5) is 12.3. The summed E-state index contributed by atoms with van der Waals surface area (Å²) in [7, 11) is 1.52. The Kier molecular flexibility index (Phi) is 3.67. The van der Waals surface area contributed by atoms with Crippen molar-refractivity contribution in [1.29, 1.82) is 0 Å². The molecule has 2 rings (SSSR count). The Morgan fingerprint density at radius 2 is 1.83 bits per heavy atom. The van der Waals surface area contributed by atoms with Gasteiger partial charge in [-0.15, -0.1) is 0 Å². The van der Waals surface area contributed by atoms with E-state index in [2.05, 4.69) is 15.9 Å². The van der Waals surface area contributed by atoms with E-state index in [1.165, 1.54) is 7.11 Å². The Hall–Kier alpha value is -1.81. The molecule has 0 saturated heterocycles. The average molecular weight is 306 g/mol. The lowest BCUT2D eigenvalue weighted by atomic mass is 10.0. The van der Waals surface area contributed by atoms with Crippen LogP contribution in [0.3, 0.4) is 0 Å². The molecule has 0 aromatic heterocycles. The Bertz CT molecular complexity index is 582. The van der Waals surface area contributed by atoms with Gasteiger partial charge < -0.3 is 10.5 Å². The summed E-state index contributed by atoms with van der Waals surface area (Å²) >= 11 is 3.33. The first-order chi connectivity index (χ1) is 8.65. The van der Waals surface area contributed by atoms with Crippen LogP contribution in [0.25, 0.3) is 0 Å². The number of ether oxygens (including phenoxy) is 1. The first kappa shape index (κ1) is 12.6. The number of anilines is 1. The van der Waals surface area contributed by atoms with E-state index in [1.54, 1.807) is 24.3 Å². The number of nitrogens with two attached hydrogens (primary N) is 1. The lowest BCUT2D eigenvalue weighted by molar-refractivity contribution is 0.103. The van der Waals surface area contributed by atoms with Gasteiger partial charge in [0, 0.05) is 11.1 Å². The highest BCUT2D eigenvalue weighted by Gasteiger charge is 2.16. The monoisotopic (exact) mass is 305 g/mol. The highest BCUT2D eigenvalue weighted by Crippen LogP contribution is 2.34. The Morgan fingerprint density at radius 3 is 2.44 bits per heavy atom. The van der Waals surface area contributed by atoms with Gasteiger partial charge >= 0.3 is 0 Å². The van der Waals surface area contributed by atoms with Crippen molar-refractivity contribution in [3.63, 3.8) is 0 Å². The lowest BCUT2D eigenvalue weighted by Crippen LogP contribution is -2.07. The first-order valence-electron chi connectivity index (χ1n) is 5.37. The predicted molar refractivity (Wildman–Crippen MR) is 75.0 cm³/mol. The summed E-state index contributed by atoms with van der Waals surface area (Å²) in [6, 6.07) is 12.5. The maximum atomic E-state index is 12.3. The van der Waals surface area contributed by atoms with E-state index in [9.17, 15) is 4.79 Å². The summed E-state index contributed by atoms with van der Waals surface area (Å²) in [6.45, 7) is 0. The topological polar surface area (TPSA) is 52.3 Å². The van der Waals surface area contributed by atoms with Gasteiger partial charge in [-0.1, -0.05) is 30.3 Å². The summed E-state index contributed by atoms with van der Waals surface area (Å²) in [5, 5.41) is 0. The summed E-state index contributed by atoms with van der Waals surface area (Å²) in [5.41, 5.74) is 7.36. The molecule has 92 valence electrons. The number of hydrogen-bond acceptors (Lipinski definition) is 3. The molecule has 4 heteroatoms. The van der Waals surface area contributed by atoms with Gasteiger partial charge in [-0.3, -0.25) is 4.79 Å². The van der Waals surface area contributed by atoms with E-state index < -0.39 is 0 Å². The molecule has 0 aliphatic heterocycles. The molecule has 3 nitrogen and oxygen atoms in total. The number of methoxy groups -OCH3 is 1.